The van der Waals surface area contributed by atoms with Gasteiger partial charge in [-0.15, -0.1) is 0 Å². The third-order valence-corrected chi connectivity index (χ3v) is 6.41. The van der Waals surface area contributed by atoms with Crippen LogP contribution in [-0.2, 0) is 23.1 Å². The Morgan fingerprint density at radius 3 is 1.59 bits per heavy atom. The molecule has 0 bridgehead atoms. The second kappa shape index (κ2) is 22.9. The topological polar surface area (TPSA) is 146 Å². The lowest BCUT2D eigenvalue weighted by molar-refractivity contribution is -0.229. The van der Waals surface area contributed by atoms with Crippen LogP contribution in [0.15, 0.2) is 0 Å². The molecule has 0 amide bonds. The highest BCUT2D eigenvalue weighted by atomic mass is 31.2. The number of carbonyl (C=O) groups is 1. The summed E-state index contributed by atoms with van der Waals surface area (Å²) in [5.74, 6) is -0.443. The lowest BCUT2D eigenvalue weighted by Crippen LogP contribution is -2.26. The number of hydrogen-bond acceptors (Lipinski definition) is 9. The fourth-order valence-electron chi connectivity index (χ4n) is 3.39. The van der Waals surface area contributed by atoms with Gasteiger partial charge in [0.05, 0.1) is 19.8 Å². The van der Waals surface area contributed by atoms with Crippen molar-refractivity contribution in [3.05, 3.63) is 0 Å². The molecule has 0 aliphatic carbocycles. The SMILES string of the molecule is CCCCCCCCCCCCCCCCCC(=O)OC[C@@H](O)COP(=O)([O-])OCC(O)CO. The Labute approximate surface area is 205 Å². The highest BCUT2D eigenvalue weighted by molar-refractivity contribution is 7.45. The van der Waals surface area contributed by atoms with Gasteiger partial charge in [-0.3, -0.25) is 9.36 Å². The molecule has 34 heavy (non-hydrogen) atoms. The third-order valence-electron chi connectivity index (χ3n) is 5.48. The van der Waals surface area contributed by atoms with E-state index in [1.807, 2.05) is 0 Å². The van der Waals surface area contributed by atoms with E-state index in [1.54, 1.807) is 0 Å². The van der Waals surface area contributed by atoms with E-state index >= 15 is 0 Å². The van der Waals surface area contributed by atoms with Gasteiger partial charge in [-0.2, -0.15) is 0 Å². The van der Waals surface area contributed by atoms with Crippen LogP contribution >= 0.6 is 7.82 Å². The number of aliphatic hydroxyl groups excluding tert-OH is 3. The number of unbranched alkanes of at least 4 members (excludes halogenated alkanes) is 14. The maximum atomic E-state index is 11.7. The fraction of sp³-hybridized carbons (Fsp3) is 0.958. The van der Waals surface area contributed by atoms with E-state index in [9.17, 15) is 19.4 Å². The molecule has 10 heteroatoms. The van der Waals surface area contributed by atoms with Gasteiger partial charge in [0, 0.05) is 6.42 Å². The van der Waals surface area contributed by atoms with E-state index in [2.05, 4.69) is 16.0 Å². The van der Waals surface area contributed by atoms with E-state index in [0.29, 0.717) is 0 Å². The molecule has 204 valence electrons. The molecule has 0 aromatic heterocycles. The summed E-state index contributed by atoms with van der Waals surface area (Å²) >= 11 is 0. The van der Waals surface area contributed by atoms with Crippen LogP contribution in [-0.4, -0.2) is 59.9 Å². The largest absolute Gasteiger partial charge is 0.756 e. The molecule has 0 aliphatic rings. The van der Waals surface area contributed by atoms with Gasteiger partial charge >= 0.3 is 5.97 Å². The highest BCUT2D eigenvalue weighted by Gasteiger charge is 2.16. The van der Waals surface area contributed by atoms with Crippen LogP contribution in [0.3, 0.4) is 0 Å². The molecule has 0 radical (unpaired) electrons. The van der Waals surface area contributed by atoms with Crippen LogP contribution in [0.1, 0.15) is 110 Å². The van der Waals surface area contributed by atoms with Crippen molar-refractivity contribution in [3.63, 3.8) is 0 Å². The van der Waals surface area contributed by atoms with Crippen molar-refractivity contribution < 1.29 is 43.4 Å². The van der Waals surface area contributed by atoms with E-state index in [-0.39, 0.29) is 13.0 Å². The van der Waals surface area contributed by atoms with Crippen molar-refractivity contribution in [1.29, 1.82) is 0 Å². The fourth-order valence-corrected chi connectivity index (χ4v) is 4.18. The van der Waals surface area contributed by atoms with Crippen LogP contribution in [0.4, 0.5) is 0 Å². The van der Waals surface area contributed by atoms with Crippen molar-refractivity contribution in [3.8, 4) is 0 Å². The number of ether oxygens (including phenoxy) is 1. The van der Waals surface area contributed by atoms with Crippen molar-refractivity contribution in [2.45, 2.75) is 122 Å². The van der Waals surface area contributed by atoms with Gasteiger partial charge in [-0.1, -0.05) is 96.8 Å². The van der Waals surface area contributed by atoms with Gasteiger partial charge in [0.25, 0.3) is 7.82 Å². The van der Waals surface area contributed by atoms with Gasteiger partial charge in [0.1, 0.15) is 18.8 Å². The van der Waals surface area contributed by atoms with E-state index in [1.165, 1.54) is 77.0 Å². The lowest BCUT2D eigenvalue weighted by atomic mass is 10.0. The number of hydrogen-bond donors (Lipinski definition) is 3. The van der Waals surface area contributed by atoms with Gasteiger partial charge in [0.15, 0.2) is 0 Å². The number of phosphoric ester groups is 1. The van der Waals surface area contributed by atoms with E-state index in [4.69, 9.17) is 14.9 Å². The second-order valence-electron chi connectivity index (χ2n) is 8.91. The monoisotopic (exact) mass is 511 g/mol. The number of phosphoric acid groups is 1. The standard InChI is InChI=1S/C24H49O9P/c1-2-3-4-5-6-7-8-9-10-11-12-13-14-15-16-17-24(28)31-19-23(27)21-33-34(29,30)32-20-22(26)18-25/h22-23,25-27H,2-21H2,1H3,(H,29,30)/p-1/t22?,23-/m1/s1. The summed E-state index contributed by atoms with van der Waals surface area (Å²) in [5, 5.41) is 27.3. The minimum Gasteiger partial charge on any atom is -0.756 e. The normalized spacial score (nSPS) is 15.1. The first kappa shape index (κ1) is 33.5. The molecule has 0 saturated heterocycles. The molecule has 0 fully saturated rings. The van der Waals surface area contributed by atoms with Gasteiger partial charge in [-0.25, -0.2) is 0 Å². The summed E-state index contributed by atoms with van der Waals surface area (Å²) in [5.41, 5.74) is 0. The Bertz CT molecular complexity index is 519. The minimum absolute atomic E-state index is 0.258. The maximum Gasteiger partial charge on any atom is 0.305 e. The summed E-state index contributed by atoms with van der Waals surface area (Å²) in [7, 11) is -4.73. The quantitative estimate of drug-likeness (QED) is 0.0940. The Hall–Kier alpha value is -0.540. The molecule has 9 nitrogen and oxygen atoms in total. The zero-order chi connectivity index (χ0) is 25.5. The summed E-state index contributed by atoms with van der Waals surface area (Å²) < 4.78 is 25.2. The summed E-state index contributed by atoms with van der Waals surface area (Å²) in [6, 6.07) is 0. The smallest absolute Gasteiger partial charge is 0.305 e. The molecule has 0 heterocycles. The predicted octanol–water partition coefficient (Wildman–Crippen LogP) is 4.01. The maximum absolute atomic E-state index is 11.7. The van der Waals surface area contributed by atoms with Crippen LogP contribution in [0, 0.1) is 0 Å². The Morgan fingerprint density at radius 1 is 0.735 bits per heavy atom. The van der Waals surface area contributed by atoms with Gasteiger partial charge in [-0.05, 0) is 6.42 Å². The van der Waals surface area contributed by atoms with Crippen LogP contribution in [0.5, 0.6) is 0 Å². The zero-order valence-electron chi connectivity index (χ0n) is 21.0. The van der Waals surface area contributed by atoms with Crippen molar-refractivity contribution >= 4 is 13.8 Å². The van der Waals surface area contributed by atoms with E-state index in [0.717, 1.165) is 19.3 Å². The Morgan fingerprint density at radius 2 is 1.15 bits per heavy atom. The molecule has 3 atom stereocenters. The first-order chi connectivity index (χ1) is 16.3. The molecular formula is C24H48O9P-. The molecule has 0 rings (SSSR count). The van der Waals surface area contributed by atoms with Crippen molar-refractivity contribution in [2.75, 3.05) is 26.4 Å². The zero-order valence-corrected chi connectivity index (χ0v) is 21.9. The first-order valence-electron chi connectivity index (χ1n) is 13.0. The molecule has 0 saturated carbocycles. The van der Waals surface area contributed by atoms with Crippen LogP contribution < -0.4 is 4.89 Å². The van der Waals surface area contributed by atoms with E-state index < -0.39 is 45.8 Å². The van der Waals surface area contributed by atoms with Crippen LogP contribution in [0.2, 0.25) is 0 Å². The molecule has 0 aromatic carbocycles. The molecule has 0 aliphatic heterocycles. The second-order valence-corrected chi connectivity index (χ2v) is 10.3. The van der Waals surface area contributed by atoms with Crippen molar-refractivity contribution in [2.24, 2.45) is 0 Å². The van der Waals surface area contributed by atoms with Gasteiger partial charge in [0.2, 0.25) is 0 Å². The molecular weight excluding hydrogens is 463 g/mol. The summed E-state index contributed by atoms with van der Waals surface area (Å²) in [6.45, 7) is -0.0751. The molecule has 3 N–H and O–H groups in total. The first-order valence-corrected chi connectivity index (χ1v) is 14.5. The summed E-state index contributed by atoms with van der Waals surface area (Å²) in [6.07, 6.45) is 16.2. The highest BCUT2D eigenvalue weighted by Crippen LogP contribution is 2.38. The number of esters is 1. The molecule has 0 aromatic rings. The summed E-state index contributed by atoms with van der Waals surface area (Å²) in [4.78, 5) is 23.2. The average Bonchev–Trinajstić information content (AvgIpc) is 2.82. The van der Waals surface area contributed by atoms with Crippen molar-refractivity contribution in [1.82, 2.24) is 0 Å². The number of rotatable bonds is 25. The Balaban J connectivity index is 3.50. The Kier molecular flexibility index (Phi) is 22.5. The lowest BCUT2D eigenvalue weighted by Gasteiger charge is -2.24. The number of aliphatic hydroxyl groups is 3. The third kappa shape index (κ3) is 23.2. The number of carbonyl (C=O) groups excluding carboxylic acids is 1. The average molecular weight is 512 g/mol. The van der Waals surface area contributed by atoms with Gasteiger partial charge < -0.3 is 34.0 Å². The molecule has 0 spiro atoms. The molecule has 2 unspecified atom stereocenters. The predicted molar refractivity (Wildman–Crippen MR) is 129 cm³/mol. The minimum atomic E-state index is -4.73. The van der Waals surface area contributed by atoms with Crippen LogP contribution in [0.25, 0.3) is 0 Å².